The van der Waals surface area contributed by atoms with Gasteiger partial charge in [-0.25, -0.2) is 0 Å². The van der Waals surface area contributed by atoms with Crippen molar-refractivity contribution >= 4 is 23.2 Å². The smallest absolute Gasteiger partial charge is 0.269 e. The van der Waals surface area contributed by atoms with E-state index in [4.69, 9.17) is 11.6 Å². The van der Waals surface area contributed by atoms with Gasteiger partial charge in [0, 0.05) is 17.2 Å². The lowest BCUT2D eigenvalue weighted by Crippen LogP contribution is -2.36. The Morgan fingerprint density at radius 1 is 1.17 bits per heavy atom. The van der Waals surface area contributed by atoms with Crippen molar-refractivity contribution in [3.63, 3.8) is 0 Å². The van der Waals surface area contributed by atoms with E-state index in [0.717, 1.165) is 24.0 Å². The molecule has 1 saturated carbocycles. The van der Waals surface area contributed by atoms with Crippen LogP contribution in [-0.2, 0) is 10.2 Å². The predicted molar refractivity (Wildman–Crippen MR) is 92.0 cm³/mol. The molecule has 0 heterocycles. The summed E-state index contributed by atoms with van der Waals surface area (Å²) in [5.74, 6) is -0.0428. The number of nitrogens with one attached hydrogen (secondary N) is 1. The number of nitro benzene ring substituents is 1. The van der Waals surface area contributed by atoms with E-state index in [0.29, 0.717) is 5.02 Å². The number of halogens is 1. The molecule has 124 valence electrons. The number of carbonyl (C=O) groups excluding carboxylic acids is 1. The van der Waals surface area contributed by atoms with Gasteiger partial charge in [-0.3, -0.25) is 14.9 Å². The van der Waals surface area contributed by atoms with Crippen molar-refractivity contribution in [2.45, 2.75) is 31.2 Å². The number of rotatable bonds is 5. The fourth-order valence-corrected chi connectivity index (χ4v) is 2.97. The normalized spacial score (nSPS) is 16.2. The number of nitro groups is 1. The Balaban J connectivity index is 1.74. The summed E-state index contributed by atoms with van der Waals surface area (Å²) < 4.78 is 0. The average molecular weight is 345 g/mol. The molecule has 3 rings (SSSR count). The molecule has 0 saturated heterocycles. The molecule has 5 nitrogen and oxygen atoms in total. The summed E-state index contributed by atoms with van der Waals surface area (Å²) in [6, 6.07) is 13.5. The molecule has 0 aromatic heterocycles. The van der Waals surface area contributed by atoms with Crippen molar-refractivity contribution in [2.75, 3.05) is 0 Å². The fraction of sp³-hybridized carbons (Fsp3) is 0.278. The van der Waals surface area contributed by atoms with Gasteiger partial charge in [-0.1, -0.05) is 35.9 Å². The number of non-ortho nitro benzene ring substituents is 1. The maximum Gasteiger partial charge on any atom is 0.269 e. The lowest BCUT2D eigenvalue weighted by atomic mass is 9.94. The summed E-state index contributed by atoms with van der Waals surface area (Å²) >= 11 is 5.88. The van der Waals surface area contributed by atoms with Crippen molar-refractivity contribution in [2.24, 2.45) is 0 Å². The van der Waals surface area contributed by atoms with Crippen LogP contribution in [0.3, 0.4) is 0 Å². The van der Waals surface area contributed by atoms with E-state index in [1.165, 1.54) is 12.1 Å². The van der Waals surface area contributed by atoms with E-state index in [9.17, 15) is 14.9 Å². The quantitative estimate of drug-likeness (QED) is 0.654. The molecule has 0 spiro atoms. The van der Waals surface area contributed by atoms with Gasteiger partial charge in [0.1, 0.15) is 0 Å². The van der Waals surface area contributed by atoms with Crippen LogP contribution in [0, 0.1) is 10.1 Å². The van der Waals surface area contributed by atoms with E-state index in [1.807, 2.05) is 19.1 Å². The van der Waals surface area contributed by atoms with Crippen molar-refractivity contribution in [3.05, 3.63) is 74.8 Å². The third-order valence-electron chi connectivity index (χ3n) is 4.53. The maximum absolute atomic E-state index is 12.7. The zero-order valence-electron chi connectivity index (χ0n) is 13.2. The van der Waals surface area contributed by atoms with E-state index in [2.05, 4.69) is 5.32 Å². The summed E-state index contributed by atoms with van der Waals surface area (Å²) in [5.41, 5.74) is 1.28. The van der Waals surface area contributed by atoms with Crippen molar-refractivity contribution in [1.29, 1.82) is 0 Å². The highest BCUT2D eigenvalue weighted by Gasteiger charge is 2.51. The summed E-state index contributed by atoms with van der Waals surface area (Å²) in [7, 11) is 0. The Morgan fingerprint density at radius 3 is 2.25 bits per heavy atom. The lowest BCUT2D eigenvalue weighted by molar-refractivity contribution is -0.384. The van der Waals surface area contributed by atoms with Gasteiger partial charge in [-0.2, -0.15) is 0 Å². The molecule has 0 radical (unpaired) electrons. The van der Waals surface area contributed by atoms with Crippen molar-refractivity contribution in [1.82, 2.24) is 5.32 Å². The second-order valence-electron chi connectivity index (χ2n) is 6.13. The van der Waals surface area contributed by atoms with Gasteiger partial charge in [0.2, 0.25) is 5.91 Å². The van der Waals surface area contributed by atoms with Crippen LogP contribution in [0.4, 0.5) is 5.69 Å². The Labute approximate surface area is 144 Å². The van der Waals surface area contributed by atoms with Gasteiger partial charge < -0.3 is 5.32 Å². The van der Waals surface area contributed by atoms with Crippen LogP contribution in [0.1, 0.15) is 36.9 Å². The van der Waals surface area contributed by atoms with Crippen LogP contribution in [0.2, 0.25) is 5.02 Å². The standard InChI is InChI=1S/C18H17ClN2O3/c1-12(13-2-6-15(19)7-3-13)20-17(22)18(10-11-18)14-4-8-16(9-5-14)21(23)24/h2-9,12H,10-11H2,1H3,(H,20,22)/t12-/m0/s1. The minimum atomic E-state index is -0.560. The highest BCUT2D eigenvalue weighted by atomic mass is 35.5. The van der Waals surface area contributed by atoms with Crippen LogP contribution >= 0.6 is 11.6 Å². The van der Waals surface area contributed by atoms with E-state index < -0.39 is 10.3 Å². The summed E-state index contributed by atoms with van der Waals surface area (Å²) in [6.45, 7) is 1.92. The summed E-state index contributed by atoms with van der Waals surface area (Å²) in [6.07, 6.45) is 1.51. The average Bonchev–Trinajstić information content (AvgIpc) is 3.37. The summed E-state index contributed by atoms with van der Waals surface area (Å²) in [5, 5.41) is 14.4. The van der Waals surface area contributed by atoms with Gasteiger partial charge in [-0.05, 0) is 43.0 Å². The molecule has 24 heavy (non-hydrogen) atoms. The highest BCUT2D eigenvalue weighted by Crippen LogP contribution is 2.49. The second kappa shape index (κ2) is 6.24. The number of benzene rings is 2. The van der Waals surface area contributed by atoms with Crippen LogP contribution in [0.15, 0.2) is 48.5 Å². The molecule has 1 aliphatic rings. The highest BCUT2D eigenvalue weighted by molar-refractivity contribution is 6.30. The van der Waals surface area contributed by atoms with Gasteiger partial charge in [0.25, 0.3) is 5.69 Å². The van der Waals surface area contributed by atoms with Gasteiger partial charge in [-0.15, -0.1) is 0 Å². The first kappa shape index (κ1) is 16.5. The molecular weight excluding hydrogens is 328 g/mol. The zero-order chi connectivity index (χ0) is 17.3. The predicted octanol–water partition coefficient (Wildman–Crippen LogP) is 4.16. The van der Waals surface area contributed by atoms with Crippen LogP contribution in [0.5, 0.6) is 0 Å². The fourth-order valence-electron chi connectivity index (χ4n) is 2.84. The molecule has 1 fully saturated rings. The molecule has 1 atom stereocenters. The Kier molecular flexibility index (Phi) is 4.28. The van der Waals surface area contributed by atoms with E-state index in [-0.39, 0.29) is 17.6 Å². The van der Waals surface area contributed by atoms with Crippen LogP contribution < -0.4 is 5.32 Å². The number of amides is 1. The molecular formula is C18H17ClN2O3. The third kappa shape index (κ3) is 3.12. The first-order valence-corrected chi connectivity index (χ1v) is 8.11. The second-order valence-corrected chi connectivity index (χ2v) is 6.57. The van der Waals surface area contributed by atoms with Gasteiger partial charge >= 0.3 is 0 Å². The third-order valence-corrected chi connectivity index (χ3v) is 4.78. The van der Waals surface area contributed by atoms with Gasteiger partial charge in [0.05, 0.1) is 16.4 Å². The minimum Gasteiger partial charge on any atom is -0.349 e. The zero-order valence-corrected chi connectivity index (χ0v) is 13.9. The van der Waals surface area contributed by atoms with Crippen molar-refractivity contribution < 1.29 is 9.72 Å². The molecule has 0 unspecified atom stereocenters. The monoisotopic (exact) mass is 344 g/mol. The molecule has 2 aromatic carbocycles. The number of nitrogens with zero attached hydrogens (tertiary/aromatic N) is 1. The largest absolute Gasteiger partial charge is 0.349 e. The molecule has 1 amide bonds. The number of hydrogen-bond donors (Lipinski definition) is 1. The van der Waals surface area contributed by atoms with E-state index >= 15 is 0 Å². The first-order valence-electron chi connectivity index (χ1n) is 7.74. The number of hydrogen-bond acceptors (Lipinski definition) is 3. The minimum absolute atomic E-state index is 0.0319. The molecule has 0 aliphatic heterocycles. The maximum atomic E-state index is 12.7. The number of carbonyl (C=O) groups is 1. The molecule has 1 aliphatic carbocycles. The molecule has 6 heteroatoms. The Bertz CT molecular complexity index is 768. The summed E-state index contributed by atoms with van der Waals surface area (Å²) in [4.78, 5) is 23.0. The topological polar surface area (TPSA) is 72.2 Å². The SMILES string of the molecule is C[C@H](NC(=O)C1(c2ccc([N+](=O)[O-])cc2)CC1)c1ccc(Cl)cc1. The van der Waals surface area contributed by atoms with E-state index in [1.54, 1.807) is 24.3 Å². The van der Waals surface area contributed by atoms with Gasteiger partial charge in [0.15, 0.2) is 0 Å². The van der Waals surface area contributed by atoms with Crippen molar-refractivity contribution in [3.8, 4) is 0 Å². The molecule has 0 bridgehead atoms. The lowest BCUT2D eigenvalue weighted by Gasteiger charge is -2.20. The molecule has 2 aromatic rings. The Morgan fingerprint density at radius 2 is 1.75 bits per heavy atom. The van der Waals surface area contributed by atoms with Crippen LogP contribution in [0.25, 0.3) is 0 Å². The Hall–Kier alpha value is -2.40. The van der Waals surface area contributed by atoms with Crippen LogP contribution in [-0.4, -0.2) is 10.8 Å². The molecule has 1 N–H and O–H groups in total. The first-order chi connectivity index (χ1) is 11.4.